The van der Waals surface area contributed by atoms with Crippen LogP contribution in [0.1, 0.15) is 31.2 Å². The Morgan fingerprint density at radius 1 is 1.15 bits per heavy atom. The van der Waals surface area contributed by atoms with Crippen LogP contribution in [0.25, 0.3) is 5.65 Å². The number of aromatic nitrogens is 3. The Bertz CT molecular complexity index is 931. The number of rotatable bonds is 4. The third-order valence-electron chi connectivity index (χ3n) is 4.78. The highest BCUT2D eigenvalue weighted by Gasteiger charge is 2.19. The van der Waals surface area contributed by atoms with Crippen molar-refractivity contribution in [3.8, 4) is 6.07 Å². The fourth-order valence-corrected chi connectivity index (χ4v) is 3.34. The normalized spacial score (nSPS) is 19.8. The maximum Gasteiger partial charge on any atom is 0.177 e. The zero-order valence-corrected chi connectivity index (χ0v) is 14.4. The Kier molecular flexibility index (Phi) is 4.42. The molecular weight excluding hydrogens is 326 g/mol. The Morgan fingerprint density at radius 2 is 1.92 bits per heavy atom. The molecule has 1 aliphatic carbocycles. The molecule has 7 heteroatoms. The van der Waals surface area contributed by atoms with Crippen LogP contribution >= 0.6 is 0 Å². The molecule has 0 atom stereocenters. The zero-order chi connectivity index (χ0) is 17.9. The van der Waals surface area contributed by atoms with E-state index in [1.807, 2.05) is 24.4 Å². The van der Waals surface area contributed by atoms with Gasteiger partial charge in [0.05, 0.1) is 17.3 Å². The summed E-state index contributed by atoms with van der Waals surface area (Å²) in [6.07, 6.45) is 7.77. The minimum atomic E-state index is 0.325. The lowest BCUT2D eigenvalue weighted by atomic mass is 9.92. The topological polar surface area (TPSA) is 104 Å². The van der Waals surface area contributed by atoms with Crippen LogP contribution in [0.4, 0.5) is 17.2 Å². The van der Waals surface area contributed by atoms with Gasteiger partial charge in [-0.05, 0) is 49.9 Å². The summed E-state index contributed by atoms with van der Waals surface area (Å²) < 4.78 is 1.77. The van der Waals surface area contributed by atoms with Crippen LogP contribution in [0.5, 0.6) is 0 Å². The van der Waals surface area contributed by atoms with Crippen molar-refractivity contribution in [2.75, 3.05) is 10.6 Å². The predicted octanol–water partition coefficient (Wildman–Crippen LogP) is 3.03. The highest BCUT2D eigenvalue weighted by molar-refractivity contribution is 5.75. The fraction of sp³-hybridized carbons (Fsp3) is 0.316. The molecule has 1 saturated carbocycles. The van der Waals surface area contributed by atoms with Crippen LogP contribution in [0.15, 0.2) is 42.7 Å². The Balaban J connectivity index is 1.59. The summed E-state index contributed by atoms with van der Waals surface area (Å²) in [6, 6.07) is 12.2. The molecule has 1 aromatic carbocycles. The average molecular weight is 347 g/mol. The molecule has 26 heavy (non-hydrogen) atoms. The summed E-state index contributed by atoms with van der Waals surface area (Å²) in [4.78, 5) is 4.39. The summed E-state index contributed by atoms with van der Waals surface area (Å²) >= 11 is 0. The number of fused-ring (bicyclic) bond motifs is 1. The van der Waals surface area contributed by atoms with E-state index < -0.39 is 0 Å². The highest BCUT2D eigenvalue weighted by atomic mass is 15.3. The van der Waals surface area contributed by atoms with Crippen molar-refractivity contribution in [1.29, 1.82) is 5.26 Å². The van der Waals surface area contributed by atoms with Gasteiger partial charge in [-0.15, -0.1) is 5.10 Å². The second-order valence-corrected chi connectivity index (χ2v) is 6.71. The number of nitriles is 1. The molecule has 0 saturated heterocycles. The van der Waals surface area contributed by atoms with Crippen molar-refractivity contribution in [3.63, 3.8) is 0 Å². The van der Waals surface area contributed by atoms with Gasteiger partial charge in [-0.1, -0.05) is 0 Å². The van der Waals surface area contributed by atoms with E-state index in [0.29, 0.717) is 17.6 Å². The summed E-state index contributed by atoms with van der Waals surface area (Å²) in [5.41, 5.74) is 9.15. The lowest BCUT2D eigenvalue weighted by molar-refractivity contribution is 0.410. The molecule has 2 heterocycles. The first-order chi connectivity index (χ1) is 12.7. The maximum absolute atomic E-state index is 8.93. The summed E-state index contributed by atoms with van der Waals surface area (Å²) in [5.74, 6) is 0.812. The van der Waals surface area contributed by atoms with E-state index in [9.17, 15) is 0 Å². The van der Waals surface area contributed by atoms with Crippen molar-refractivity contribution in [2.24, 2.45) is 5.73 Å². The number of anilines is 3. The molecule has 0 radical (unpaired) electrons. The monoisotopic (exact) mass is 347 g/mol. The Hall–Kier alpha value is -3.11. The molecule has 7 nitrogen and oxygen atoms in total. The first-order valence-corrected chi connectivity index (χ1v) is 8.85. The number of nitrogens with two attached hydrogens (primary N) is 1. The molecule has 4 N–H and O–H groups in total. The predicted molar refractivity (Wildman–Crippen MR) is 101 cm³/mol. The molecule has 0 bridgehead atoms. The van der Waals surface area contributed by atoms with Crippen molar-refractivity contribution in [2.45, 2.75) is 37.8 Å². The SMILES string of the molecule is N#Cc1ccc(Nc2cc(N[C@H]3CC[C@H](N)CC3)nn3ccnc23)cc1. The standard InChI is InChI=1S/C19H21N7/c20-12-13-1-5-15(6-2-13)23-17-11-18(25-26-10-9-22-19(17)26)24-16-7-3-14(21)4-8-16/h1-2,5-6,9-11,14,16,23H,3-4,7-8,21H2,(H,24,25)/t14-,16-. The molecule has 1 fully saturated rings. The average Bonchev–Trinajstić information content (AvgIpc) is 3.13. The molecule has 0 unspecified atom stereocenters. The summed E-state index contributed by atoms with van der Waals surface area (Å²) in [6.45, 7) is 0. The summed E-state index contributed by atoms with van der Waals surface area (Å²) in [7, 11) is 0. The van der Waals surface area contributed by atoms with Gasteiger partial charge in [0.25, 0.3) is 0 Å². The number of nitrogens with one attached hydrogen (secondary N) is 2. The van der Waals surface area contributed by atoms with Gasteiger partial charge < -0.3 is 16.4 Å². The van der Waals surface area contributed by atoms with Crippen LogP contribution in [0, 0.1) is 11.3 Å². The molecule has 132 valence electrons. The van der Waals surface area contributed by atoms with Crippen LogP contribution in [0.2, 0.25) is 0 Å². The van der Waals surface area contributed by atoms with Gasteiger partial charge >= 0.3 is 0 Å². The molecule has 0 aliphatic heterocycles. The van der Waals surface area contributed by atoms with Gasteiger partial charge in [0.2, 0.25) is 0 Å². The molecule has 2 aromatic heterocycles. The van der Waals surface area contributed by atoms with E-state index in [1.54, 1.807) is 22.8 Å². The molecule has 1 aliphatic rings. The van der Waals surface area contributed by atoms with Gasteiger partial charge in [0.1, 0.15) is 5.82 Å². The van der Waals surface area contributed by atoms with Crippen molar-refractivity contribution in [3.05, 3.63) is 48.3 Å². The van der Waals surface area contributed by atoms with Crippen molar-refractivity contribution < 1.29 is 0 Å². The first kappa shape index (κ1) is 16.4. The highest BCUT2D eigenvalue weighted by Crippen LogP contribution is 2.26. The van der Waals surface area contributed by atoms with E-state index in [-0.39, 0.29) is 0 Å². The van der Waals surface area contributed by atoms with Crippen molar-refractivity contribution >= 4 is 22.8 Å². The number of hydrogen-bond donors (Lipinski definition) is 3. The van der Waals surface area contributed by atoms with Gasteiger partial charge in [-0.25, -0.2) is 9.50 Å². The van der Waals surface area contributed by atoms with Gasteiger partial charge in [0.15, 0.2) is 5.65 Å². The van der Waals surface area contributed by atoms with E-state index in [4.69, 9.17) is 11.0 Å². The first-order valence-electron chi connectivity index (χ1n) is 8.85. The van der Waals surface area contributed by atoms with Crippen LogP contribution in [-0.4, -0.2) is 26.7 Å². The van der Waals surface area contributed by atoms with Crippen molar-refractivity contribution in [1.82, 2.24) is 14.6 Å². The summed E-state index contributed by atoms with van der Waals surface area (Å²) in [5, 5.41) is 20.4. The maximum atomic E-state index is 8.93. The minimum Gasteiger partial charge on any atom is -0.366 e. The molecular formula is C19H21N7. The van der Waals surface area contributed by atoms with Gasteiger partial charge in [-0.3, -0.25) is 0 Å². The number of hydrogen-bond acceptors (Lipinski definition) is 6. The third-order valence-corrected chi connectivity index (χ3v) is 4.78. The largest absolute Gasteiger partial charge is 0.366 e. The lowest BCUT2D eigenvalue weighted by Crippen LogP contribution is -2.33. The molecule has 3 aromatic rings. The van der Waals surface area contributed by atoms with Crippen LogP contribution in [0.3, 0.4) is 0 Å². The number of nitrogens with zero attached hydrogens (tertiary/aromatic N) is 4. The zero-order valence-electron chi connectivity index (χ0n) is 14.4. The smallest absolute Gasteiger partial charge is 0.177 e. The number of benzene rings is 1. The van der Waals surface area contributed by atoms with Crippen LogP contribution < -0.4 is 16.4 Å². The van der Waals surface area contributed by atoms with E-state index in [0.717, 1.165) is 48.5 Å². The lowest BCUT2D eigenvalue weighted by Gasteiger charge is -2.27. The second kappa shape index (κ2) is 7.02. The van der Waals surface area contributed by atoms with Crippen LogP contribution in [-0.2, 0) is 0 Å². The molecule has 0 amide bonds. The van der Waals surface area contributed by atoms with Gasteiger partial charge in [-0.2, -0.15) is 5.26 Å². The quantitative estimate of drug-likeness (QED) is 0.670. The fourth-order valence-electron chi connectivity index (χ4n) is 3.34. The Morgan fingerprint density at radius 3 is 2.65 bits per heavy atom. The number of imidazole rings is 1. The third kappa shape index (κ3) is 3.46. The minimum absolute atomic E-state index is 0.325. The van der Waals surface area contributed by atoms with E-state index in [2.05, 4.69) is 26.8 Å². The van der Waals surface area contributed by atoms with E-state index >= 15 is 0 Å². The Labute approximate surface area is 151 Å². The molecule has 4 rings (SSSR count). The second-order valence-electron chi connectivity index (χ2n) is 6.71. The van der Waals surface area contributed by atoms with Gasteiger partial charge in [0, 0.05) is 36.2 Å². The van der Waals surface area contributed by atoms with E-state index in [1.165, 1.54) is 0 Å². The molecule has 0 spiro atoms.